The van der Waals surface area contributed by atoms with Crippen LogP contribution in [0.2, 0.25) is 0 Å². The molecule has 2 fully saturated rings. The van der Waals surface area contributed by atoms with Crippen LogP contribution in [0.25, 0.3) is 0 Å². The number of amides is 2. The molecule has 142 valence electrons. The Hall–Kier alpha value is -1.88. The minimum Gasteiger partial charge on any atom is -0.342 e. The maximum atomic E-state index is 12.9. The summed E-state index contributed by atoms with van der Waals surface area (Å²) >= 11 is 0. The van der Waals surface area contributed by atoms with Crippen molar-refractivity contribution in [1.29, 1.82) is 0 Å². The van der Waals surface area contributed by atoms with Gasteiger partial charge in [0.15, 0.2) is 0 Å². The third-order valence-electron chi connectivity index (χ3n) is 5.68. The molecule has 1 unspecified atom stereocenters. The summed E-state index contributed by atoms with van der Waals surface area (Å²) in [6, 6.07) is 8.21. The lowest BCUT2D eigenvalue weighted by Crippen LogP contribution is -2.43. The minimum atomic E-state index is -0.196. The van der Waals surface area contributed by atoms with Gasteiger partial charge < -0.3 is 15.1 Å². The lowest BCUT2D eigenvalue weighted by Gasteiger charge is -2.33. The van der Waals surface area contributed by atoms with Crippen molar-refractivity contribution in [2.45, 2.75) is 39.0 Å². The summed E-state index contributed by atoms with van der Waals surface area (Å²) in [4.78, 5) is 29.1. The monoisotopic (exact) mass is 357 g/mol. The van der Waals surface area contributed by atoms with Crippen LogP contribution in [0.1, 0.15) is 38.2 Å². The SMILES string of the molecule is CCCc1ccc(N2CC(C(=O)N3CCC(CNC)CC3)CC2=O)cc1. The van der Waals surface area contributed by atoms with Crippen molar-refractivity contribution in [3.63, 3.8) is 0 Å². The van der Waals surface area contributed by atoms with Gasteiger partial charge in [0, 0.05) is 31.7 Å². The van der Waals surface area contributed by atoms with E-state index in [-0.39, 0.29) is 17.7 Å². The van der Waals surface area contributed by atoms with E-state index >= 15 is 0 Å². The van der Waals surface area contributed by atoms with Crippen molar-refractivity contribution in [3.8, 4) is 0 Å². The summed E-state index contributed by atoms with van der Waals surface area (Å²) in [6.07, 6.45) is 4.61. The van der Waals surface area contributed by atoms with E-state index in [9.17, 15) is 9.59 Å². The average molecular weight is 357 g/mol. The second-order valence-electron chi connectivity index (χ2n) is 7.65. The van der Waals surface area contributed by atoms with Gasteiger partial charge in [-0.2, -0.15) is 0 Å². The molecule has 5 nitrogen and oxygen atoms in total. The summed E-state index contributed by atoms with van der Waals surface area (Å²) in [5, 5.41) is 3.22. The zero-order chi connectivity index (χ0) is 18.5. The second kappa shape index (κ2) is 8.67. The molecule has 0 bridgehead atoms. The number of nitrogens with one attached hydrogen (secondary N) is 1. The number of rotatable bonds is 6. The number of hydrogen-bond acceptors (Lipinski definition) is 3. The van der Waals surface area contributed by atoms with Crippen LogP contribution in [0.15, 0.2) is 24.3 Å². The molecule has 0 radical (unpaired) electrons. The molecule has 3 rings (SSSR count). The first-order chi connectivity index (χ1) is 12.6. The number of carbonyl (C=O) groups is 2. The van der Waals surface area contributed by atoms with Crippen molar-refractivity contribution in [3.05, 3.63) is 29.8 Å². The van der Waals surface area contributed by atoms with Gasteiger partial charge in [0.25, 0.3) is 0 Å². The van der Waals surface area contributed by atoms with E-state index in [1.165, 1.54) is 5.56 Å². The fraction of sp³-hybridized carbons (Fsp3) is 0.619. The molecule has 0 aliphatic carbocycles. The zero-order valence-corrected chi connectivity index (χ0v) is 16.0. The van der Waals surface area contributed by atoms with Gasteiger partial charge in [-0.25, -0.2) is 0 Å². The van der Waals surface area contributed by atoms with Crippen molar-refractivity contribution in [2.75, 3.05) is 38.1 Å². The highest BCUT2D eigenvalue weighted by Crippen LogP contribution is 2.28. The summed E-state index contributed by atoms with van der Waals surface area (Å²) in [6.45, 7) is 5.34. The van der Waals surface area contributed by atoms with Gasteiger partial charge in [-0.05, 0) is 56.5 Å². The largest absolute Gasteiger partial charge is 0.342 e. The molecule has 2 amide bonds. The average Bonchev–Trinajstić information content (AvgIpc) is 3.05. The summed E-state index contributed by atoms with van der Waals surface area (Å²) in [7, 11) is 1.98. The second-order valence-corrected chi connectivity index (χ2v) is 7.65. The van der Waals surface area contributed by atoms with E-state index in [2.05, 4.69) is 24.4 Å². The van der Waals surface area contributed by atoms with E-state index in [0.29, 0.717) is 18.9 Å². The van der Waals surface area contributed by atoms with Gasteiger partial charge in [-0.1, -0.05) is 25.5 Å². The minimum absolute atomic E-state index is 0.0664. The highest BCUT2D eigenvalue weighted by molar-refractivity contribution is 6.00. The molecule has 1 aromatic rings. The highest BCUT2D eigenvalue weighted by atomic mass is 16.2. The fourth-order valence-corrected chi connectivity index (χ4v) is 4.16. The van der Waals surface area contributed by atoms with Crippen LogP contribution in [0, 0.1) is 11.8 Å². The molecular formula is C21H31N3O2. The van der Waals surface area contributed by atoms with E-state index in [0.717, 1.165) is 51.0 Å². The van der Waals surface area contributed by atoms with E-state index in [1.807, 2.05) is 24.1 Å². The van der Waals surface area contributed by atoms with Gasteiger partial charge in [0.1, 0.15) is 0 Å². The number of carbonyl (C=O) groups excluding carboxylic acids is 2. The van der Waals surface area contributed by atoms with Crippen molar-refractivity contribution in [1.82, 2.24) is 10.2 Å². The summed E-state index contributed by atoms with van der Waals surface area (Å²) in [5.41, 5.74) is 2.21. The van der Waals surface area contributed by atoms with E-state index in [1.54, 1.807) is 4.90 Å². The maximum absolute atomic E-state index is 12.9. The predicted molar refractivity (Wildman–Crippen MR) is 104 cm³/mol. The molecule has 26 heavy (non-hydrogen) atoms. The molecule has 1 aromatic carbocycles. The van der Waals surface area contributed by atoms with Crippen LogP contribution < -0.4 is 10.2 Å². The molecule has 1 atom stereocenters. The lowest BCUT2D eigenvalue weighted by atomic mass is 9.95. The maximum Gasteiger partial charge on any atom is 0.228 e. The number of nitrogens with zero attached hydrogens (tertiary/aromatic N) is 2. The van der Waals surface area contributed by atoms with Gasteiger partial charge in [-0.15, -0.1) is 0 Å². The topological polar surface area (TPSA) is 52.7 Å². The van der Waals surface area contributed by atoms with Crippen LogP contribution in [-0.2, 0) is 16.0 Å². The van der Waals surface area contributed by atoms with Gasteiger partial charge in [0.2, 0.25) is 11.8 Å². The van der Waals surface area contributed by atoms with Gasteiger partial charge >= 0.3 is 0 Å². The first-order valence-corrected chi connectivity index (χ1v) is 9.95. The van der Waals surface area contributed by atoms with Gasteiger partial charge in [0.05, 0.1) is 5.92 Å². The molecule has 2 saturated heterocycles. The molecule has 0 spiro atoms. The summed E-state index contributed by atoms with van der Waals surface area (Å²) in [5.74, 6) is 0.689. The van der Waals surface area contributed by atoms with Crippen molar-refractivity contribution >= 4 is 17.5 Å². The molecule has 5 heteroatoms. The number of benzene rings is 1. The number of anilines is 1. The Kier molecular flexibility index (Phi) is 6.30. The van der Waals surface area contributed by atoms with E-state index in [4.69, 9.17) is 0 Å². The Balaban J connectivity index is 1.58. The Labute approximate surface area is 156 Å². The number of likely N-dealkylation sites (tertiary alicyclic amines) is 1. The fourth-order valence-electron chi connectivity index (χ4n) is 4.16. The Morgan fingerprint density at radius 3 is 2.50 bits per heavy atom. The van der Waals surface area contributed by atoms with Crippen LogP contribution in [-0.4, -0.2) is 49.9 Å². The highest BCUT2D eigenvalue weighted by Gasteiger charge is 2.38. The number of piperidine rings is 1. The molecule has 2 heterocycles. The molecule has 2 aliphatic rings. The number of aryl methyl sites for hydroxylation is 1. The third-order valence-corrected chi connectivity index (χ3v) is 5.68. The quantitative estimate of drug-likeness (QED) is 0.851. The summed E-state index contributed by atoms with van der Waals surface area (Å²) < 4.78 is 0. The Morgan fingerprint density at radius 1 is 1.19 bits per heavy atom. The predicted octanol–water partition coefficient (Wildman–Crippen LogP) is 2.45. The third kappa shape index (κ3) is 4.26. The van der Waals surface area contributed by atoms with Crippen LogP contribution in [0.5, 0.6) is 0 Å². The van der Waals surface area contributed by atoms with Crippen molar-refractivity contribution < 1.29 is 9.59 Å². The van der Waals surface area contributed by atoms with Gasteiger partial charge in [-0.3, -0.25) is 9.59 Å². The smallest absolute Gasteiger partial charge is 0.228 e. The standard InChI is InChI=1S/C21H31N3O2/c1-3-4-16-5-7-19(8-6-16)24-15-18(13-20(24)25)21(26)23-11-9-17(10-12-23)14-22-2/h5-8,17-18,22H,3-4,9-15H2,1-2H3. The van der Waals surface area contributed by atoms with Crippen LogP contribution >= 0.6 is 0 Å². The molecule has 2 aliphatic heterocycles. The normalized spacial score (nSPS) is 21.5. The van der Waals surface area contributed by atoms with E-state index < -0.39 is 0 Å². The lowest BCUT2D eigenvalue weighted by molar-refractivity contribution is -0.137. The van der Waals surface area contributed by atoms with Crippen LogP contribution in [0.3, 0.4) is 0 Å². The molecule has 0 aromatic heterocycles. The number of hydrogen-bond donors (Lipinski definition) is 1. The first kappa shape index (κ1) is 18.9. The Morgan fingerprint density at radius 2 is 1.88 bits per heavy atom. The van der Waals surface area contributed by atoms with Crippen molar-refractivity contribution in [2.24, 2.45) is 11.8 Å². The molecule has 1 N–H and O–H groups in total. The molecule has 0 saturated carbocycles. The molecular weight excluding hydrogens is 326 g/mol. The Bertz CT molecular complexity index is 621. The first-order valence-electron chi connectivity index (χ1n) is 9.95. The van der Waals surface area contributed by atoms with Crippen LogP contribution in [0.4, 0.5) is 5.69 Å². The zero-order valence-electron chi connectivity index (χ0n) is 16.0.